The number of hydrogen-bond donors (Lipinski definition) is 0. The number of fused-ring (bicyclic) bond motifs is 6. The van der Waals surface area contributed by atoms with Crippen molar-refractivity contribution in [2.75, 3.05) is 0 Å². The Balaban J connectivity index is 1.26. The van der Waals surface area contributed by atoms with Crippen molar-refractivity contribution in [2.45, 2.75) is 0 Å². The SMILES string of the molecule is [2H]c1c([2H])c([2H])c(-c2cc(-c3cc([Si](c4ccccc4)(c4ccccc4)c4ccccc4)ccc3-n3c4ccccc4c4ccccc43)nc(-n3c4ccccc4c4ccccc43)n2)c([2H])c1[2H]. The Morgan fingerprint density at radius 1 is 0.365 bits per heavy atom. The molecule has 0 fully saturated rings. The number of para-hydroxylation sites is 4. The fourth-order valence-electron chi connectivity index (χ4n) is 9.73. The largest absolute Gasteiger partial charge is 0.309 e. The molecule has 0 N–H and O–H groups in total. The maximum Gasteiger partial charge on any atom is 0.235 e. The molecule has 9 aromatic carbocycles. The van der Waals surface area contributed by atoms with Crippen LogP contribution < -0.4 is 20.7 Å². The van der Waals surface area contributed by atoms with E-state index >= 15 is 0 Å². The second-order valence-electron chi connectivity index (χ2n) is 15.8. The summed E-state index contributed by atoms with van der Waals surface area (Å²) in [5, 5.41) is 8.98. The topological polar surface area (TPSA) is 35.6 Å². The monoisotopic (exact) mass is 825 g/mol. The van der Waals surface area contributed by atoms with Gasteiger partial charge in [-0.3, -0.25) is 4.57 Å². The third kappa shape index (κ3) is 5.89. The van der Waals surface area contributed by atoms with Gasteiger partial charge in [0.25, 0.3) is 0 Å². The number of nitrogens with zero attached hydrogens (tertiary/aromatic N) is 4. The van der Waals surface area contributed by atoms with E-state index in [0.29, 0.717) is 11.6 Å². The maximum absolute atomic E-state index is 9.26. The lowest BCUT2D eigenvalue weighted by molar-refractivity contribution is 0.994. The van der Waals surface area contributed by atoms with E-state index in [1.54, 1.807) is 6.07 Å². The van der Waals surface area contributed by atoms with Gasteiger partial charge in [0.05, 0.1) is 46.0 Å². The quantitative estimate of drug-likeness (QED) is 0.113. The van der Waals surface area contributed by atoms with Gasteiger partial charge in [-0.2, -0.15) is 0 Å². The van der Waals surface area contributed by atoms with Crippen LogP contribution in [0.3, 0.4) is 0 Å². The van der Waals surface area contributed by atoms with Gasteiger partial charge in [-0.05, 0) is 57.1 Å². The Labute approximate surface area is 373 Å². The van der Waals surface area contributed by atoms with Gasteiger partial charge in [0.2, 0.25) is 5.95 Å². The van der Waals surface area contributed by atoms with Gasteiger partial charge >= 0.3 is 0 Å². The van der Waals surface area contributed by atoms with Gasteiger partial charge < -0.3 is 4.57 Å². The molecule has 0 radical (unpaired) electrons. The lowest BCUT2D eigenvalue weighted by atomic mass is 10.1. The Morgan fingerprint density at radius 2 is 0.778 bits per heavy atom. The highest BCUT2D eigenvalue weighted by molar-refractivity contribution is 7.19. The van der Waals surface area contributed by atoms with E-state index in [-0.39, 0.29) is 23.3 Å². The second-order valence-corrected chi connectivity index (χ2v) is 19.6. The van der Waals surface area contributed by atoms with Crippen molar-refractivity contribution in [2.24, 2.45) is 0 Å². The predicted octanol–water partition coefficient (Wildman–Crippen LogP) is 11.4. The maximum atomic E-state index is 9.26. The van der Waals surface area contributed by atoms with E-state index in [2.05, 4.69) is 174 Å². The Hall–Kier alpha value is -8.12. The number of hydrogen-bond acceptors (Lipinski definition) is 2. The smallest absolute Gasteiger partial charge is 0.235 e. The van der Waals surface area contributed by atoms with Crippen molar-refractivity contribution >= 4 is 72.4 Å². The van der Waals surface area contributed by atoms with Gasteiger partial charge in [-0.25, -0.2) is 9.97 Å². The summed E-state index contributed by atoms with van der Waals surface area (Å²) in [7, 11) is -3.12. The molecular formula is C58H40N4Si. The molecule has 0 bridgehead atoms. The highest BCUT2D eigenvalue weighted by Crippen LogP contribution is 2.38. The number of aromatic nitrogens is 4. The molecule has 0 saturated carbocycles. The summed E-state index contributed by atoms with van der Waals surface area (Å²) in [6, 6.07) is 72.0. The zero-order valence-electron chi connectivity index (χ0n) is 39.0. The molecule has 12 rings (SSSR count). The van der Waals surface area contributed by atoms with Crippen LogP contribution in [-0.4, -0.2) is 27.2 Å². The average Bonchev–Trinajstić information content (AvgIpc) is 3.92. The standard InChI is InChI=1S/C58H40N4Si/c1-5-21-41(22-6-1)51-40-52(60-58(59-51)62-55-35-19-15-31-48(55)49-32-16-20-36-56(49)62)50-39-45(37-38-57(50)61-53-33-17-13-29-46(53)47-30-14-18-34-54(47)61)63(42-23-7-2-8-24-42,43-25-9-3-10-26-43)44-27-11-4-12-28-44/h1-40H/i1D,5D,6D,21D,22D. The Morgan fingerprint density at radius 3 is 1.25 bits per heavy atom. The van der Waals surface area contributed by atoms with Crippen molar-refractivity contribution in [1.82, 2.24) is 19.1 Å². The fraction of sp³-hybridized carbons (Fsp3) is 0. The van der Waals surface area contributed by atoms with Crippen LogP contribution in [0.4, 0.5) is 0 Å². The van der Waals surface area contributed by atoms with E-state index in [1.807, 2.05) is 41.0 Å². The first-order valence-corrected chi connectivity index (χ1v) is 23.1. The highest BCUT2D eigenvalue weighted by Gasteiger charge is 2.42. The molecule has 0 aliphatic rings. The molecule has 0 atom stereocenters. The van der Waals surface area contributed by atoms with E-state index in [0.717, 1.165) is 60.0 Å². The molecule has 0 amide bonds. The molecule has 0 aliphatic heterocycles. The molecule has 0 aliphatic carbocycles. The van der Waals surface area contributed by atoms with Gasteiger partial charge in [0, 0.05) is 32.7 Å². The van der Waals surface area contributed by atoms with Gasteiger partial charge in [-0.1, -0.05) is 206 Å². The average molecular weight is 826 g/mol. The Kier molecular flexibility index (Phi) is 7.60. The van der Waals surface area contributed by atoms with Crippen molar-refractivity contribution in [3.05, 3.63) is 243 Å². The van der Waals surface area contributed by atoms with Crippen molar-refractivity contribution in [3.8, 4) is 34.2 Å². The Bertz CT molecular complexity index is 3700. The van der Waals surface area contributed by atoms with E-state index in [9.17, 15) is 2.74 Å². The molecule has 63 heavy (non-hydrogen) atoms. The normalized spacial score (nSPS) is 12.9. The molecule has 296 valence electrons. The third-order valence-electron chi connectivity index (χ3n) is 12.4. The number of benzene rings is 9. The molecule has 0 unspecified atom stereocenters. The van der Waals surface area contributed by atoms with Crippen LogP contribution in [0.1, 0.15) is 6.85 Å². The van der Waals surface area contributed by atoms with Gasteiger partial charge in [0.1, 0.15) is 0 Å². The minimum absolute atomic E-state index is 0.00202. The first-order valence-electron chi connectivity index (χ1n) is 23.6. The molecule has 12 aromatic rings. The third-order valence-corrected chi connectivity index (χ3v) is 17.2. The molecule has 4 nitrogen and oxygen atoms in total. The lowest BCUT2D eigenvalue weighted by Gasteiger charge is -2.35. The first kappa shape index (κ1) is 31.7. The summed E-state index contributed by atoms with van der Waals surface area (Å²) in [6.07, 6.45) is 0. The van der Waals surface area contributed by atoms with Crippen molar-refractivity contribution < 1.29 is 6.85 Å². The summed E-state index contributed by atoms with van der Waals surface area (Å²) in [5.74, 6) is 0.304. The predicted molar refractivity (Wildman–Crippen MR) is 265 cm³/mol. The second kappa shape index (κ2) is 15.1. The van der Waals surface area contributed by atoms with Crippen LogP contribution in [0.25, 0.3) is 77.8 Å². The van der Waals surface area contributed by atoms with Gasteiger partial charge in [0.15, 0.2) is 8.07 Å². The summed E-state index contributed by atoms with van der Waals surface area (Å²) in [5.41, 5.74) is 6.16. The fourth-order valence-corrected chi connectivity index (χ4v) is 14.5. The highest BCUT2D eigenvalue weighted by atomic mass is 28.3. The van der Waals surface area contributed by atoms with E-state index in [1.165, 1.54) is 15.6 Å². The zero-order chi connectivity index (χ0) is 46.1. The van der Waals surface area contributed by atoms with Crippen molar-refractivity contribution in [3.63, 3.8) is 0 Å². The molecule has 0 spiro atoms. The summed E-state index contributed by atoms with van der Waals surface area (Å²) >= 11 is 0. The summed E-state index contributed by atoms with van der Waals surface area (Å²) in [6.45, 7) is 0. The van der Waals surface area contributed by atoms with Crippen molar-refractivity contribution in [1.29, 1.82) is 0 Å². The summed E-state index contributed by atoms with van der Waals surface area (Å²) < 4.78 is 48.9. The summed E-state index contributed by atoms with van der Waals surface area (Å²) in [4.78, 5) is 10.8. The molecular weight excluding hydrogens is 781 g/mol. The van der Waals surface area contributed by atoms with Crippen LogP contribution in [-0.2, 0) is 0 Å². The zero-order valence-corrected chi connectivity index (χ0v) is 35.0. The minimum atomic E-state index is -3.12. The van der Waals surface area contributed by atoms with Gasteiger partial charge in [-0.15, -0.1) is 0 Å². The lowest BCUT2D eigenvalue weighted by Crippen LogP contribution is -2.74. The van der Waals surface area contributed by atoms with Crippen LogP contribution in [0.5, 0.6) is 0 Å². The molecule has 5 heteroatoms. The minimum Gasteiger partial charge on any atom is -0.309 e. The molecule has 3 heterocycles. The van der Waals surface area contributed by atoms with Crippen LogP contribution in [0.15, 0.2) is 243 Å². The van der Waals surface area contributed by atoms with E-state index in [4.69, 9.17) is 14.1 Å². The first-order chi connectivity index (χ1) is 33.3. The molecule has 3 aromatic heterocycles. The number of rotatable bonds is 8. The van der Waals surface area contributed by atoms with Crippen LogP contribution in [0, 0.1) is 0 Å². The van der Waals surface area contributed by atoms with Crippen LogP contribution in [0.2, 0.25) is 0 Å². The molecule has 0 saturated heterocycles. The van der Waals surface area contributed by atoms with Crippen LogP contribution >= 0.6 is 0 Å². The van der Waals surface area contributed by atoms with E-state index < -0.39 is 26.2 Å².